The third-order valence-electron chi connectivity index (χ3n) is 5.27. The fourth-order valence-corrected chi connectivity index (χ4v) is 3.51. The van der Waals surface area contributed by atoms with Gasteiger partial charge in [0.15, 0.2) is 11.5 Å². The fraction of sp³-hybridized carbons (Fsp3) is 0.348. The van der Waals surface area contributed by atoms with Crippen LogP contribution in [-0.2, 0) is 4.79 Å². The third kappa shape index (κ3) is 5.11. The van der Waals surface area contributed by atoms with E-state index in [1.165, 1.54) is 21.3 Å². The van der Waals surface area contributed by atoms with Crippen molar-refractivity contribution in [2.24, 2.45) is 0 Å². The van der Waals surface area contributed by atoms with Gasteiger partial charge in [-0.15, -0.1) is 0 Å². The quantitative estimate of drug-likeness (QED) is 0.698. The van der Waals surface area contributed by atoms with Crippen LogP contribution in [0.1, 0.15) is 20.7 Å². The van der Waals surface area contributed by atoms with Gasteiger partial charge in [-0.3, -0.25) is 14.4 Å². The molecule has 0 unspecified atom stereocenters. The number of carbonyl (C=O) groups excluding carboxylic acids is 3. The molecular weight excluding hydrogens is 414 g/mol. The molecule has 3 rings (SSSR count). The maximum atomic E-state index is 13.0. The number of nitrogens with one attached hydrogen (secondary N) is 1. The predicted octanol–water partition coefficient (Wildman–Crippen LogP) is 1.43. The Balaban J connectivity index is 1.56. The van der Waals surface area contributed by atoms with Crippen LogP contribution < -0.4 is 19.5 Å². The van der Waals surface area contributed by atoms with Crippen LogP contribution in [0.15, 0.2) is 42.5 Å². The van der Waals surface area contributed by atoms with Crippen LogP contribution >= 0.6 is 0 Å². The highest BCUT2D eigenvalue weighted by atomic mass is 16.5. The first kappa shape index (κ1) is 22.9. The standard InChI is InChI=1S/C23H27N3O6/c1-30-18-13-17(14-19(31-2)21(18)32-3)23(29)26-11-9-25(10-12-26)20(27)15-24-22(28)16-7-5-4-6-8-16/h4-8,13-14H,9-12,15H2,1-3H3,(H,24,28). The lowest BCUT2D eigenvalue weighted by atomic mass is 10.1. The summed E-state index contributed by atoms with van der Waals surface area (Å²) in [6, 6.07) is 11.9. The van der Waals surface area contributed by atoms with Gasteiger partial charge >= 0.3 is 0 Å². The summed E-state index contributed by atoms with van der Waals surface area (Å²) in [7, 11) is 4.49. The number of hydrogen-bond donors (Lipinski definition) is 1. The molecule has 9 heteroatoms. The van der Waals surface area contributed by atoms with Gasteiger partial charge in [-0.1, -0.05) is 18.2 Å². The first-order chi connectivity index (χ1) is 15.5. The van der Waals surface area contributed by atoms with Crippen molar-refractivity contribution in [2.45, 2.75) is 0 Å². The Labute approximate surface area is 186 Å². The van der Waals surface area contributed by atoms with E-state index >= 15 is 0 Å². The first-order valence-corrected chi connectivity index (χ1v) is 10.2. The van der Waals surface area contributed by atoms with Crippen LogP contribution in [-0.4, -0.2) is 81.6 Å². The lowest BCUT2D eigenvalue weighted by Gasteiger charge is -2.35. The zero-order chi connectivity index (χ0) is 23.1. The summed E-state index contributed by atoms with van der Waals surface area (Å²) in [5, 5.41) is 2.64. The van der Waals surface area contributed by atoms with E-state index < -0.39 is 0 Å². The van der Waals surface area contributed by atoms with Gasteiger partial charge in [-0.25, -0.2) is 0 Å². The lowest BCUT2D eigenvalue weighted by molar-refractivity contribution is -0.131. The summed E-state index contributed by atoms with van der Waals surface area (Å²) >= 11 is 0. The number of rotatable bonds is 7. The number of methoxy groups -OCH3 is 3. The SMILES string of the molecule is COc1cc(C(=O)N2CCN(C(=O)CNC(=O)c3ccccc3)CC2)cc(OC)c1OC. The van der Waals surface area contributed by atoms with Gasteiger partial charge in [-0.05, 0) is 24.3 Å². The van der Waals surface area contributed by atoms with Crippen LogP contribution in [0.4, 0.5) is 0 Å². The van der Waals surface area contributed by atoms with Crippen molar-refractivity contribution in [3.05, 3.63) is 53.6 Å². The molecule has 1 aliphatic heterocycles. The molecule has 0 bridgehead atoms. The Morgan fingerprint density at radius 2 is 1.38 bits per heavy atom. The van der Waals surface area contributed by atoms with E-state index in [9.17, 15) is 14.4 Å². The van der Waals surface area contributed by atoms with E-state index in [1.54, 1.807) is 46.2 Å². The van der Waals surface area contributed by atoms with Gasteiger partial charge in [-0.2, -0.15) is 0 Å². The van der Waals surface area contributed by atoms with Crippen LogP contribution in [0, 0.1) is 0 Å². The average Bonchev–Trinajstić information content (AvgIpc) is 2.86. The molecule has 0 aromatic heterocycles. The predicted molar refractivity (Wildman–Crippen MR) is 117 cm³/mol. The van der Waals surface area contributed by atoms with Crippen molar-refractivity contribution >= 4 is 17.7 Å². The molecule has 170 valence electrons. The third-order valence-corrected chi connectivity index (χ3v) is 5.27. The fourth-order valence-electron chi connectivity index (χ4n) is 3.51. The van der Waals surface area contributed by atoms with Crippen LogP contribution in [0.5, 0.6) is 17.2 Å². The summed E-state index contributed by atoms with van der Waals surface area (Å²) in [6.07, 6.45) is 0. The molecule has 0 atom stereocenters. The molecule has 0 aliphatic carbocycles. The topological polar surface area (TPSA) is 97.4 Å². The second-order valence-corrected chi connectivity index (χ2v) is 7.14. The molecule has 1 N–H and O–H groups in total. The van der Waals surface area contributed by atoms with Crippen LogP contribution in [0.25, 0.3) is 0 Å². The Kier molecular flexibility index (Phi) is 7.54. The van der Waals surface area contributed by atoms with Crippen molar-refractivity contribution in [2.75, 3.05) is 54.1 Å². The van der Waals surface area contributed by atoms with Crippen LogP contribution in [0.3, 0.4) is 0 Å². The molecule has 0 saturated carbocycles. The minimum Gasteiger partial charge on any atom is -0.493 e. The number of amides is 3. The minimum absolute atomic E-state index is 0.0887. The van der Waals surface area contributed by atoms with Crippen molar-refractivity contribution in [3.8, 4) is 17.2 Å². The van der Waals surface area contributed by atoms with Crippen molar-refractivity contribution in [1.29, 1.82) is 0 Å². The number of piperazine rings is 1. The normalized spacial score (nSPS) is 13.3. The number of hydrogen-bond acceptors (Lipinski definition) is 6. The summed E-state index contributed by atoms with van der Waals surface area (Å²) in [6.45, 7) is 1.45. The van der Waals surface area contributed by atoms with E-state index in [2.05, 4.69) is 5.32 Å². The van der Waals surface area contributed by atoms with E-state index in [0.717, 1.165) is 0 Å². The van der Waals surface area contributed by atoms with Gasteiger partial charge in [0.05, 0.1) is 27.9 Å². The molecule has 1 fully saturated rings. The smallest absolute Gasteiger partial charge is 0.254 e. The molecule has 1 saturated heterocycles. The maximum absolute atomic E-state index is 13.0. The average molecular weight is 441 g/mol. The summed E-state index contributed by atoms with van der Waals surface area (Å²) in [5.41, 5.74) is 0.912. The number of nitrogens with zero attached hydrogens (tertiary/aromatic N) is 2. The van der Waals surface area contributed by atoms with Gasteiger partial charge in [0.1, 0.15) is 0 Å². The molecule has 2 aromatic carbocycles. The zero-order valence-electron chi connectivity index (χ0n) is 18.4. The second-order valence-electron chi connectivity index (χ2n) is 7.14. The van der Waals surface area contributed by atoms with Crippen molar-refractivity contribution in [1.82, 2.24) is 15.1 Å². The highest BCUT2D eigenvalue weighted by Crippen LogP contribution is 2.38. The molecule has 2 aromatic rings. The van der Waals surface area contributed by atoms with Crippen molar-refractivity contribution < 1.29 is 28.6 Å². The zero-order valence-corrected chi connectivity index (χ0v) is 18.4. The monoisotopic (exact) mass is 441 g/mol. The van der Waals surface area contributed by atoms with Crippen molar-refractivity contribution in [3.63, 3.8) is 0 Å². The van der Waals surface area contributed by atoms with E-state index in [0.29, 0.717) is 54.6 Å². The number of benzene rings is 2. The molecule has 3 amide bonds. The largest absolute Gasteiger partial charge is 0.493 e. The Morgan fingerprint density at radius 3 is 1.91 bits per heavy atom. The first-order valence-electron chi connectivity index (χ1n) is 10.2. The summed E-state index contributed by atoms with van der Waals surface area (Å²) < 4.78 is 15.9. The van der Waals surface area contributed by atoms with E-state index in [-0.39, 0.29) is 24.3 Å². The van der Waals surface area contributed by atoms with Gasteiger partial charge in [0.2, 0.25) is 11.7 Å². The molecule has 32 heavy (non-hydrogen) atoms. The maximum Gasteiger partial charge on any atom is 0.254 e. The molecule has 1 heterocycles. The summed E-state index contributed by atoms with van der Waals surface area (Å²) in [5.74, 6) is 0.550. The van der Waals surface area contributed by atoms with Gasteiger partial charge in [0, 0.05) is 37.3 Å². The summed E-state index contributed by atoms with van der Waals surface area (Å²) in [4.78, 5) is 40.9. The van der Waals surface area contributed by atoms with E-state index in [4.69, 9.17) is 14.2 Å². The highest BCUT2D eigenvalue weighted by molar-refractivity contribution is 5.97. The Bertz CT molecular complexity index is 946. The Morgan fingerprint density at radius 1 is 0.812 bits per heavy atom. The van der Waals surface area contributed by atoms with Gasteiger partial charge in [0.25, 0.3) is 11.8 Å². The lowest BCUT2D eigenvalue weighted by Crippen LogP contribution is -2.52. The van der Waals surface area contributed by atoms with Gasteiger partial charge < -0.3 is 29.3 Å². The minimum atomic E-state index is -0.296. The Hall–Kier alpha value is -3.75. The molecule has 9 nitrogen and oxygen atoms in total. The molecular formula is C23H27N3O6. The van der Waals surface area contributed by atoms with E-state index in [1.807, 2.05) is 6.07 Å². The molecule has 0 spiro atoms. The molecule has 0 radical (unpaired) electrons. The second kappa shape index (κ2) is 10.5. The highest BCUT2D eigenvalue weighted by Gasteiger charge is 2.26. The number of ether oxygens (including phenoxy) is 3. The number of carbonyl (C=O) groups is 3. The van der Waals surface area contributed by atoms with Crippen LogP contribution in [0.2, 0.25) is 0 Å². The molecule has 1 aliphatic rings.